The second kappa shape index (κ2) is 4.10. The molecular weight excluding hydrogens is 244 g/mol. The first kappa shape index (κ1) is 12.0. The quantitative estimate of drug-likeness (QED) is 0.887. The average Bonchev–Trinajstić information content (AvgIpc) is 3.00. The van der Waals surface area contributed by atoms with Crippen LogP contribution in [-0.4, -0.2) is 25.8 Å². The van der Waals surface area contributed by atoms with Crippen LogP contribution in [0.5, 0.6) is 0 Å². The SMILES string of the molecule is Cc1sc(CN)cc1S(=O)(=O)N(C)C1CC1. The number of rotatable bonds is 4. The van der Waals surface area contributed by atoms with Gasteiger partial charge in [-0.3, -0.25) is 0 Å². The third-order valence-corrected chi connectivity index (χ3v) is 6.08. The van der Waals surface area contributed by atoms with Gasteiger partial charge in [-0.1, -0.05) is 0 Å². The van der Waals surface area contributed by atoms with E-state index in [1.54, 1.807) is 13.1 Å². The predicted octanol–water partition coefficient (Wildman–Crippen LogP) is 1.30. The molecule has 6 heteroatoms. The molecule has 1 aliphatic carbocycles. The van der Waals surface area contributed by atoms with E-state index in [0.717, 1.165) is 22.6 Å². The monoisotopic (exact) mass is 260 g/mol. The van der Waals surface area contributed by atoms with Gasteiger partial charge < -0.3 is 5.73 Å². The Kier molecular flexibility index (Phi) is 3.09. The van der Waals surface area contributed by atoms with Crippen LogP contribution in [0.3, 0.4) is 0 Å². The van der Waals surface area contributed by atoms with Gasteiger partial charge in [0.05, 0.1) is 4.90 Å². The second-order valence-electron chi connectivity index (χ2n) is 4.09. The van der Waals surface area contributed by atoms with Crippen molar-refractivity contribution < 1.29 is 8.42 Å². The van der Waals surface area contributed by atoms with Gasteiger partial charge in [0.1, 0.15) is 0 Å². The Morgan fingerprint density at radius 1 is 1.56 bits per heavy atom. The molecule has 1 aliphatic rings. The molecule has 0 aromatic carbocycles. The van der Waals surface area contributed by atoms with Crippen LogP contribution in [0.25, 0.3) is 0 Å². The summed E-state index contributed by atoms with van der Waals surface area (Å²) < 4.78 is 26.0. The summed E-state index contributed by atoms with van der Waals surface area (Å²) >= 11 is 1.46. The molecule has 0 saturated heterocycles. The van der Waals surface area contributed by atoms with E-state index < -0.39 is 10.0 Å². The Morgan fingerprint density at radius 3 is 2.62 bits per heavy atom. The normalized spacial score (nSPS) is 17.0. The van der Waals surface area contributed by atoms with Gasteiger partial charge in [-0.25, -0.2) is 8.42 Å². The lowest BCUT2D eigenvalue weighted by Gasteiger charge is -2.15. The van der Waals surface area contributed by atoms with Crippen molar-refractivity contribution in [3.63, 3.8) is 0 Å². The van der Waals surface area contributed by atoms with E-state index in [1.165, 1.54) is 15.6 Å². The van der Waals surface area contributed by atoms with Gasteiger partial charge in [0.15, 0.2) is 0 Å². The fourth-order valence-corrected chi connectivity index (χ4v) is 4.57. The zero-order chi connectivity index (χ0) is 11.9. The Morgan fingerprint density at radius 2 is 2.19 bits per heavy atom. The molecule has 90 valence electrons. The van der Waals surface area contributed by atoms with Crippen molar-refractivity contribution in [3.05, 3.63) is 15.8 Å². The largest absolute Gasteiger partial charge is 0.326 e. The fraction of sp³-hybridized carbons (Fsp3) is 0.600. The number of sulfonamides is 1. The smallest absolute Gasteiger partial charge is 0.244 e. The highest BCUT2D eigenvalue weighted by atomic mass is 32.2. The van der Waals surface area contributed by atoms with Gasteiger partial charge in [-0.2, -0.15) is 4.31 Å². The summed E-state index contributed by atoms with van der Waals surface area (Å²) in [7, 11) is -1.65. The van der Waals surface area contributed by atoms with E-state index in [1.807, 2.05) is 6.92 Å². The minimum Gasteiger partial charge on any atom is -0.326 e. The molecule has 2 rings (SSSR count). The van der Waals surface area contributed by atoms with Crippen molar-refractivity contribution in [2.75, 3.05) is 7.05 Å². The van der Waals surface area contributed by atoms with Gasteiger partial charge >= 0.3 is 0 Å². The molecule has 4 nitrogen and oxygen atoms in total. The van der Waals surface area contributed by atoms with Gasteiger partial charge in [-0.05, 0) is 25.8 Å². The fourth-order valence-electron chi connectivity index (χ4n) is 1.67. The van der Waals surface area contributed by atoms with E-state index >= 15 is 0 Å². The lowest BCUT2D eigenvalue weighted by Crippen LogP contribution is -2.29. The third kappa shape index (κ3) is 2.02. The molecule has 1 saturated carbocycles. The summed E-state index contributed by atoms with van der Waals surface area (Å²) in [5, 5.41) is 0. The van der Waals surface area contributed by atoms with Crippen molar-refractivity contribution in [2.24, 2.45) is 5.73 Å². The van der Waals surface area contributed by atoms with Crippen LogP contribution in [0.4, 0.5) is 0 Å². The number of nitrogens with two attached hydrogens (primary N) is 1. The maximum Gasteiger partial charge on any atom is 0.244 e. The van der Waals surface area contributed by atoms with E-state index in [-0.39, 0.29) is 6.04 Å². The van der Waals surface area contributed by atoms with Crippen LogP contribution in [-0.2, 0) is 16.6 Å². The Labute approximate surface area is 100 Å². The van der Waals surface area contributed by atoms with Gasteiger partial charge in [0, 0.05) is 29.4 Å². The average molecular weight is 260 g/mol. The summed E-state index contributed by atoms with van der Waals surface area (Å²) in [6.45, 7) is 2.23. The molecule has 0 radical (unpaired) electrons. The van der Waals surface area contributed by atoms with E-state index in [9.17, 15) is 8.42 Å². The lowest BCUT2D eigenvalue weighted by atomic mass is 10.4. The van der Waals surface area contributed by atoms with Crippen molar-refractivity contribution in [1.82, 2.24) is 4.31 Å². The van der Waals surface area contributed by atoms with Crippen molar-refractivity contribution >= 4 is 21.4 Å². The first-order valence-electron chi connectivity index (χ1n) is 5.24. The van der Waals surface area contributed by atoms with Crippen LogP contribution < -0.4 is 5.73 Å². The van der Waals surface area contributed by atoms with Gasteiger partial charge in [-0.15, -0.1) is 11.3 Å². The first-order chi connectivity index (χ1) is 7.46. The molecule has 0 amide bonds. The summed E-state index contributed by atoms with van der Waals surface area (Å²) in [6, 6.07) is 1.90. The molecule has 0 bridgehead atoms. The standard InChI is InChI=1S/C10H16N2O2S2/c1-7-10(5-9(6-11)15-7)16(13,14)12(2)8-3-4-8/h5,8H,3-4,6,11H2,1-2H3. The number of nitrogens with zero attached hydrogens (tertiary/aromatic N) is 1. The van der Waals surface area contributed by atoms with Gasteiger partial charge in [0.25, 0.3) is 0 Å². The molecule has 0 spiro atoms. The molecule has 1 fully saturated rings. The van der Waals surface area contributed by atoms with Crippen LogP contribution in [0, 0.1) is 6.92 Å². The molecule has 2 N–H and O–H groups in total. The summed E-state index contributed by atoms with van der Waals surface area (Å²) in [5.74, 6) is 0. The third-order valence-electron chi connectivity index (χ3n) is 2.84. The minimum absolute atomic E-state index is 0.200. The molecular formula is C10H16N2O2S2. The predicted molar refractivity (Wildman–Crippen MR) is 64.9 cm³/mol. The molecule has 1 heterocycles. The molecule has 16 heavy (non-hydrogen) atoms. The van der Waals surface area contributed by atoms with Crippen molar-refractivity contribution in [2.45, 2.75) is 37.2 Å². The highest BCUT2D eigenvalue weighted by Crippen LogP contribution is 2.33. The number of hydrogen-bond acceptors (Lipinski definition) is 4. The summed E-state index contributed by atoms with van der Waals surface area (Å²) in [6.07, 6.45) is 1.95. The maximum atomic E-state index is 12.3. The van der Waals surface area contributed by atoms with Crippen LogP contribution in [0.2, 0.25) is 0 Å². The summed E-state index contributed by atoms with van der Waals surface area (Å²) in [5.41, 5.74) is 5.53. The molecule has 0 atom stereocenters. The summed E-state index contributed by atoms with van der Waals surface area (Å²) in [4.78, 5) is 2.17. The zero-order valence-electron chi connectivity index (χ0n) is 9.43. The number of hydrogen-bond donors (Lipinski definition) is 1. The number of thiophene rings is 1. The molecule has 1 aromatic rings. The van der Waals surface area contributed by atoms with E-state index in [2.05, 4.69) is 0 Å². The highest BCUT2D eigenvalue weighted by molar-refractivity contribution is 7.89. The van der Waals surface area contributed by atoms with Crippen molar-refractivity contribution in [3.8, 4) is 0 Å². The molecule has 0 unspecified atom stereocenters. The lowest BCUT2D eigenvalue weighted by molar-refractivity contribution is 0.464. The van der Waals surface area contributed by atoms with E-state index in [4.69, 9.17) is 5.73 Å². The second-order valence-corrected chi connectivity index (χ2v) is 7.40. The Hall–Kier alpha value is -0.430. The first-order valence-corrected chi connectivity index (χ1v) is 7.50. The van der Waals surface area contributed by atoms with E-state index in [0.29, 0.717) is 11.4 Å². The minimum atomic E-state index is -3.31. The Bertz CT molecular complexity index is 489. The molecule has 1 aromatic heterocycles. The maximum absolute atomic E-state index is 12.3. The number of aryl methyl sites for hydroxylation is 1. The van der Waals surface area contributed by atoms with Crippen molar-refractivity contribution in [1.29, 1.82) is 0 Å². The van der Waals surface area contributed by atoms with Gasteiger partial charge in [0.2, 0.25) is 10.0 Å². The topological polar surface area (TPSA) is 63.4 Å². The Balaban J connectivity index is 2.37. The highest BCUT2D eigenvalue weighted by Gasteiger charge is 2.36. The van der Waals surface area contributed by atoms with Crippen LogP contribution in [0.1, 0.15) is 22.6 Å². The van der Waals surface area contributed by atoms with Crippen LogP contribution in [0.15, 0.2) is 11.0 Å². The molecule has 0 aliphatic heterocycles. The zero-order valence-corrected chi connectivity index (χ0v) is 11.1. The van der Waals surface area contributed by atoms with Crippen LogP contribution >= 0.6 is 11.3 Å².